The molecule has 0 aliphatic heterocycles. The van der Waals surface area contributed by atoms with Crippen LogP contribution in [0.15, 0.2) is 63.9 Å². The summed E-state index contributed by atoms with van der Waals surface area (Å²) in [6.45, 7) is 1.90. The van der Waals surface area contributed by atoms with Gasteiger partial charge in [-0.15, -0.1) is 0 Å². The van der Waals surface area contributed by atoms with Gasteiger partial charge in [-0.1, -0.05) is 30.3 Å². The number of carbonyl (C=O) groups excluding carboxylic acids is 1. The van der Waals surface area contributed by atoms with Crippen LogP contribution in [-0.4, -0.2) is 15.5 Å². The lowest BCUT2D eigenvalue weighted by molar-refractivity contribution is 0.151. The molecule has 134 valence electrons. The third-order valence-electron chi connectivity index (χ3n) is 3.93. The molecular formula is C19H18BrN3O3. The number of hydrogen-bond donors (Lipinski definition) is 1. The first-order chi connectivity index (χ1) is 12.5. The van der Waals surface area contributed by atoms with E-state index >= 15 is 0 Å². The number of nitrogens with zero attached hydrogens (tertiary/aromatic N) is 2. The standard InChI is InChI=1S/C19H18BrN3O3/c1-13-7-6-8-14(11-13)21-19(25)26-12-16-17(20)18(24)23(22(16)2)15-9-4-3-5-10-15/h3-11H,12H2,1-2H3,(H,21,25). The minimum Gasteiger partial charge on any atom is -0.443 e. The molecule has 0 fully saturated rings. The summed E-state index contributed by atoms with van der Waals surface area (Å²) in [6.07, 6.45) is -0.581. The van der Waals surface area contributed by atoms with Crippen molar-refractivity contribution in [2.45, 2.75) is 13.5 Å². The van der Waals surface area contributed by atoms with Gasteiger partial charge < -0.3 is 4.74 Å². The Morgan fingerprint density at radius 1 is 1.15 bits per heavy atom. The summed E-state index contributed by atoms with van der Waals surface area (Å²) in [5.74, 6) is 0. The summed E-state index contributed by atoms with van der Waals surface area (Å²) in [5.41, 5.74) is 2.78. The lowest BCUT2D eigenvalue weighted by Gasteiger charge is -2.11. The molecule has 26 heavy (non-hydrogen) atoms. The Labute approximate surface area is 159 Å². The van der Waals surface area contributed by atoms with Crippen LogP contribution in [0.2, 0.25) is 0 Å². The fraction of sp³-hybridized carbons (Fsp3) is 0.158. The van der Waals surface area contributed by atoms with Gasteiger partial charge in [0.1, 0.15) is 11.1 Å². The van der Waals surface area contributed by atoms with Crippen LogP contribution in [-0.2, 0) is 18.4 Å². The summed E-state index contributed by atoms with van der Waals surface area (Å²) < 4.78 is 8.84. The highest BCUT2D eigenvalue weighted by molar-refractivity contribution is 9.10. The zero-order valence-electron chi connectivity index (χ0n) is 14.4. The zero-order chi connectivity index (χ0) is 18.7. The summed E-state index contributed by atoms with van der Waals surface area (Å²) in [4.78, 5) is 24.6. The van der Waals surface area contributed by atoms with Gasteiger partial charge in [-0.3, -0.25) is 14.8 Å². The first kappa shape index (κ1) is 18.0. The van der Waals surface area contributed by atoms with Gasteiger partial charge in [-0.2, -0.15) is 0 Å². The van der Waals surface area contributed by atoms with E-state index in [1.54, 1.807) is 17.8 Å². The predicted molar refractivity (Wildman–Crippen MR) is 104 cm³/mol. The number of carbonyl (C=O) groups is 1. The minimum absolute atomic E-state index is 0.0379. The van der Waals surface area contributed by atoms with E-state index in [1.807, 2.05) is 55.5 Å². The number of amides is 1. The van der Waals surface area contributed by atoms with Crippen molar-refractivity contribution >= 4 is 27.7 Å². The second-order valence-corrected chi connectivity index (χ2v) is 6.60. The van der Waals surface area contributed by atoms with Crippen molar-refractivity contribution in [1.82, 2.24) is 9.36 Å². The highest BCUT2D eigenvalue weighted by Gasteiger charge is 2.18. The molecule has 1 heterocycles. The smallest absolute Gasteiger partial charge is 0.412 e. The van der Waals surface area contributed by atoms with Crippen molar-refractivity contribution in [3.05, 3.63) is 80.7 Å². The quantitative estimate of drug-likeness (QED) is 0.700. The van der Waals surface area contributed by atoms with Crippen LogP contribution in [0.3, 0.4) is 0 Å². The van der Waals surface area contributed by atoms with E-state index in [1.165, 1.54) is 4.68 Å². The minimum atomic E-state index is -0.581. The van der Waals surface area contributed by atoms with Crippen molar-refractivity contribution in [2.24, 2.45) is 7.05 Å². The van der Waals surface area contributed by atoms with Crippen LogP contribution in [0.5, 0.6) is 0 Å². The molecule has 1 N–H and O–H groups in total. The van der Waals surface area contributed by atoms with Crippen LogP contribution >= 0.6 is 15.9 Å². The first-order valence-electron chi connectivity index (χ1n) is 7.99. The molecule has 0 saturated carbocycles. The highest BCUT2D eigenvalue weighted by atomic mass is 79.9. The fourth-order valence-corrected chi connectivity index (χ4v) is 3.18. The van der Waals surface area contributed by atoms with Crippen LogP contribution in [0.25, 0.3) is 5.69 Å². The SMILES string of the molecule is Cc1cccc(NC(=O)OCc2c(Br)c(=O)n(-c3ccccc3)n2C)c1. The predicted octanol–water partition coefficient (Wildman–Crippen LogP) is 4.00. The van der Waals surface area contributed by atoms with E-state index in [0.29, 0.717) is 15.9 Å². The van der Waals surface area contributed by atoms with Gasteiger partial charge in [0.2, 0.25) is 0 Å². The van der Waals surface area contributed by atoms with E-state index < -0.39 is 6.09 Å². The van der Waals surface area contributed by atoms with Crippen molar-refractivity contribution in [2.75, 3.05) is 5.32 Å². The third kappa shape index (κ3) is 3.72. The van der Waals surface area contributed by atoms with Gasteiger partial charge >= 0.3 is 6.09 Å². The molecule has 3 aromatic rings. The maximum Gasteiger partial charge on any atom is 0.412 e. The van der Waals surface area contributed by atoms with Crippen molar-refractivity contribution in [3.63, 3.8) is 0 Å². The van der Waals surface area contributed by atoms with E-state index in [-0.39, 0.29) is 12.2 Å². The highest BCUT2D eigenvalue weighted by Crippen LogP contribution is 2.17. The topological polar surface area (TPSA) is 65.3 Å². The number of aryl methyl sites for hydroxylation is 1. The number of anilines is 1. The second-order valence-electron chi connectivity index (χ2n) is 5.81. The van der Waals surface area contributed by atoms with Crippen LogP contribution in [0.4, 0.5) is 10.5 Å². The van der Waals surface area contributed by atoms with Gasteiger partial charge in [-0.25, -0.2) is 9.48 Å². The average Bonchev–Trinajstić information content (AvgIpc) is 2.83. The van der Waals surface area contributed by atoms with Gasteiger partial charge in [0.15, 0.2) is 0 Å². The molecule has 0 saturated heterocycles. The van der Waals surface area contributed by atoms with Crippen LogP contribution < -0.4 is 10.9 Å². The van der Waals surface area contributed by atoms with Crippen LogP contribution in [0, 0.1) is 6.92 Å². The summed E-state index contributed by atoms with van der Waals surface area (Å²) in [6, 6.07) is 16.7. The number of halogens is 1. The molecule has 2 aromatic carbocycles. The van der Waals surface area contributed by atoms with Crippen LogP contribution in [0.1, 0.15) is 11.3 Å². The van der Waals surface area contributed by atoms with E-state index in [2.05, 4.69) is 21.2 Å². The van der Waals surface area contributed by atoms with E-state index in [9.17, 15) is 9.59 Å². The number of aromatic nitrogens is 2. The lowest BCUT2D eigenvalue weighted by Crippen LogP contribution is -2.20. The third-order valence-corrected chi connectivity index (χ3v) is 4.73. The maximum absolute atomic E-state index is 12.5. The Morgan fingerprint density at radius 2 is 1.88 bits per heavy atom. The molecule has 0 aliphatic rings. The average molecular weight is 416 g/mol. The van der Waals surface area contributed by atoms with Crippen molar-refractivity contribution < 1.29 is 9.53 Å². The number of nitrogens with one attached hydrogen (secondary N) is 1. The zero-order valence-corrected chi connectivity index (χ0v) is 16.0. The van der Waals surface area contributed by atoms with E-state index in [4.69, 9.17) is 4.74 Å². The van der Waals surface area contributed by atoms with E-state index in [0.717, 1.165) is 11.3 Å². The fourth-order valence-electron chi connectivity index (χ4n) is 2.64. The normalized spacial score (nSPS) is 10.6. The molecule has 7 heteroatoms. The molecule has 3 rings (SSSR count). The molecule has 0 radical (unpaired) electrons. The maximum atomic E-state index is 12.5. The number of benzene rings is 2. The first-order valence-corrected chi connectivity index (χ1v) is 8.79. The van der Waals surface area contributed by atoms with Gasteiger partial charge in [0.25, 0.3) is 5.56 Å². The van der Waals surface area contributed by atoms with Gasteiger partial charge in [-0.05, 0) is 52.7 Å². The number of ether oxygens (including phenoxy) is 1. The molecule has 1 aromatic heterocycles. The van der Waals surface area contributed by atoms with Gasteiger partial charge in [0, 0.05) is 12.7 Å². The largest absolute Gasteiger partial charge is 0.443 e. The Morgan fingerprint density at radius 3 is 2.58 bits per heavy atom. The number of rotatable bonds is 4. The molecule has 0 aliphatic carbocycles. The Balaban J connectivity index is 1.76. The Hall–Kier alpha value is -2.80. The molecule has 0 unspecified atom stereocenters. The summed E-state index contributed by atoms with van der Waals surface area (Å²) in [5, 5.41) is 2.67. The molecule has 0 bridgehead atoms. The molecular weight excluding hydrogens is 398 g/mol. The Kier molecular flexibility index (Phi) is 5.27. The van der Waals surface area contributed by atoms with Gasteiger partial charge in [0.05, 0.1) is 11.4 Å². The molecule has 0 spiro atoms. The molecule has 1 amide bonds. The Bertz CT molecular complexity index is 993. The van der Waals surface area contributed by atoms with Crippen molar-refractivity contribution in [3.8, 4) is 5.69 Å². The molecule has 0 atom stereocenters. The second kappa shape index (κ2) is 7.61. The molecule has 6 nitrogen and oxygen atoms in total. The van der Waals surface area contributed by atoms with Crippen molar-refractivity contribution in [1.29, 1.82) is 0 Å². The number of hydrogen-bond acceptors (Lipinski definition) is 3. The number of para-hydroxylation sites is 1. The summed E-state index contributed by atoms with van der Waals surface area (Å²) in [7, 11) is 1.75. The monoisotopic (exact) mass is 415 g/mol. The summed E-state index contributed by atoms with van der Waals surface area (Å²) >= 11 is 3.31. The lowest BCUT2D eigenvalue weighted by atomic mass is 10.2.